The van der Waals surface area contributed by atoms with Gasteiger partial charge in [-0.1, -0.05) is 6.58 Å². The van der Waals surface area contributed by atoms with E-state index in [9.17, 15) is 0 Å². The Balaban J connectivity index is 3.67. The molecule has 0 aromatic rings. The van der Waals surface area contributed by atoms with Crippen LogP contribution in [0.2, 0.25) is 0 Å². The third-order valence-corrected chi connectivity index (χ3v) is 17.2. The Morgan fingerprint density at radius 1 is 0.722 bits per heavy atom. The van der Waals surface area contributed by atoms with E-state index in [-0.39, 0.29) is 0 Å². The maximum absolute atomic E-state index is 6.02. The summed E-state index contributed by atoms with van der Waals surface area (Å²) >= 11 is 41.2. The molecule has 1 rings (SSSR count). The summed E-state index contributed by atoms with van der Waals surface area (Å²) < 4.78 is 20.1. The summed E-state index contributed by atoms with van der Waals surface area (Å²) in [5.41, 5.74) is 0. The fourth-order valence-corrected chi connectivity index (χ4v) is 23.3. The first-order chi connectivity index (χ1) is 7.89. The molecule has 0 aliphatic carbocycles. The van der Waals surface area contributed by atoms with Gasteiger partial charge in [0.2, 0.25) is 0 Å². The Hall–Kier alpha value is 2.49. The maximum atomic E-state index is 6.02. The third kappa shape index (κ3) is 6.08. The van der Waals surface area contributed by atoms with Gasteiger partial charge in [-0.2, -0.15) is 18.1 Å². The average molecular weight is 471 g/mol. The molecule has 0 amide bonds. The molecule has 0 saturated carbocycles. The van der Waals surface area contributed by atoms with Crippen molar-refractivity contribution in [1.82, 2.24) is 0 Å². The molecule has 1 aliphatic heterocycles. The molecule has 0 saturated heterocycles. The Bertz CT molecular complexity index is 576. The van der Waals surface area contributed by atoms with Crippen LogP contribution in [-0.4, -0.2) is 0 Å². The van der Waals surface area contributed by atoms with Crippen LogP contribution in [0.4, 0.5) is 0 Å². The van der Waals surface area contributed by atoms with Gasteiger partial charge in [-0.15, -0.1) is 0 Å². The van der Waals surface area contributed by atoms with Gasteiger partial charge in [-0.3, -0.25) is 0 Å². The van der Waals surface area contributed by atoms with Crippen molar-refractivity contribution in [3.63, 3.8) is 0 Å². The number of hydrogen-bond acceptors (Lipinski definition) is 5. The van der Waals surface area contributed by atoms with Crippen LogP contribution in [0, 0.1) is 0 Å². The molecule has 16 heteroatoms. The zero-order valence-corrected chi connectivity index (χ0v) is 16.8. The van der Waals surface area contributed by atoms with Crippen molar-refractivity contribution in [2.24, 2.45) is 18.1 Å². The monoisotopic (exact) mass is 468 g/mol. The van der Waals surface area contributed by atoms with Crippen LogP contribution in [0.1, 0.15) is 0 Å². The van der Waals surface area contributed by atoms with Crippen LogP contribution in [0.3, 0.4) is 0 Å². The molecule has 0 radical (unpaired) electrons. The number of halogens is 7. The summed E-state index contributed by atoms with van der Waals surface area (Å²) in [6.07, 6.45) is 1.01. The molecular weight excluding hydrogens is 468 g/mol. The lowest BCUT2D eigenvalue weighted by Crippen LogP contribution is -1.72. The zero-order valence-electron chi connectivity index (χ0n) is 7.92. The highest BCUT2D eigenvalue weighted by molar-refractivity contribution is 8.24. The van der Waals surface area contributed by atoms with E-state index < -0.39 is 24.5 Å². The standard InChI is InChI=1S/C2H3Cl7N4OP4/c1-2-14-18(9)12-16(5,6)10-15(3,4)11-17(7,8)13-18/h2H,1H2. The van der Waals surface area contributed by atoms with Crippen LogP contribution in [0.25, 0.3) is 0 Å². The van der Waals surface area contributed by atoms with E-state index in [1.807, 2.05) is 0 Å². The van der Waals surface area contributed by atoms with Crippen LogP contribution < -0.4 is 0 Å². The van der Waals surface area contributed by atoms with Gasteiger partial charge in [0, 0.05) is 0 Å². The predicted molar refractivity (Wildman–Crippen MR) is 89.6 cm³/mol. The van der Waals surface area contributed by atoms with Gasteiger partial charge in [0.05, 0.1) is 6.26 Å². The van der Waals surface area contributed by atoms with E-state index in [0.29, 0.717) is 0 Å². The molecule has 0 aromatic carbocycles. The van der Waals surface area contributed by atoms with Crippen LogP contribution in [0.5, 0.6) is 0 Å². The summed E-state index contributed by atoms with van der Waals surface area (Å²) in [5, 5.41) is 0. The molecule has 1 unspecified atom stereocenters. The Labute approximate surface area is 137 Å². The lowest BCUT2D eigenvalue weighted by atomic mass is 11.2. The summed E-state index contributed by atoms with van der Waals surface area (Å²) in [6, 6.07) is 0. The molecule has 1 atom stereocenters. The minimum absolute atomic E-state index is 1.01. The quantitative estimate of drug-likeness (QED) is 0.292. The summed E-state index contributed by atoms with van der Waals surface area (Å²) in [6.45, 7) is -0.0207. The second-order valence-electron chi connectivity index (χ2n) is 2.47. The normalized spacial score (nSPS) is 32.4. The maximum Gasteiger partial charge on any atom is 0.350 e. The first-order valence-corrected chi connectivity index (χ1v) is 16.6. The van der Waals surface area contributed by atoms with E-state index in [0.717, 1.165) is 6.26 Å². The highest BCUT2D eigenvalue weighted by Crippen LogP contribution is 2.87. The fraction of sp³-hybridized carbons (Fsp3) is 0. The van der Waals surface area contributed by atoms with Gasteiger partial charge in [0.15, 0.2) is 0 Å². The second kappa shape index (κ2) is 6.31. The SMILES string of the molecule is C=COP1(Cl)=NP(Cl)(Cl)=NP(Cl)(Cl)=NP(Cl)(Cl)=N1. The van der Waals surface area contributed by atoms with Crippen LogP contribution in [0.15, 0.2) is 30.9 Å². The number of nitrogens with zero attached hydrogens (tertiary/aromatic N) is 4. The first kappa shape index (κ1) is 18.5. The Morgan fingerprint density at radius 3 is 1.56 bits per heavy atom. The van der Waals surface area contributed by atoms with Crippen LogP contribution in [-0.2, 0) is 4.52 Å². The number of rotatable bonds is 2. The number of hydrogen-bond donors (Lipinski definition) is 0. The summed E-state index contributed by atoms with van der Waals surface area (Å²) in [4.78, 5) is 0. The van der Waals surface area contributed by atoms with E-state index in [4.69, 9.17) is 83.2 Å². The van der Waals surface area contributed by atoms with Gasteiger partial charge in [0.1, 0.15) is 0 Å². The molecule has 18 heavy (non-hydrogen) atoms. The molecule has 0 aromatic heterocycles. The minimum atomic E-state index is -3.35. The van der Waals surface area contributed by atoms with E-state index in [1.165, 1.54) is 0 Å². The largest absolute Gasteiger partial charge is 0.439 e. The van der Waals surface area contributed by atoms with E-state index in [1.54, 1.807) is 0 Å². The highest BCUT2D eigenvalue weighted by Gasteiger charge is 2.32. The summed E-state index contributed by atoms with van der Waals surface area (Å²) in [7, 11) is 0. The summed E-state index contributed by atoms with van der Waals surface area (Å²) in [5.74, 6) is -9.87. The van der Waals surface area contributed by atoms with Crippen molar-refractivity contribution in [3.05, 3.63) is 12.8 Å². The molecule has 1 aliphatic rings. The van der Waals surface area contributed by atoms with Gasteiger partial charge >= 0.3 is 6.78 Å². The molecule has 106 valence electrons. The van der Waals surface area contributed by atoms with Crippen molar-refractivity contribution < 1.29 is 4.52 Å². The lowest BCUT2D eigenvalue weighted by molar-refractivity contribution is 0.542. The van der Waals surface area contributed by atoms with Crippen molar-refractivity contribution >= 4 is 103 Å². The zero-order chi connectivity index (χ0) is 14.2. The molecule has 1 heterocycles. The fourth-order valence-electron chi connectivity index (χ4n) is 0.733. The van der Waals surface area contributed by atoms with Gasteiger partial charge in [-0.25, -0.2) is 0 Å². The Kier molecular flexibility index (Phi) is 6.50. The van der Waals surface area contributed by atoms with Crippen molar-refractivity contribution in [2.45, 2.75) is 0 Å². The average Bonchev–Trinajstić information content (AvgIpc) is 1.91. The topological polar surface area (TPSA) is 58.7 Å². The second-order valence-corrected chi connectivity index (χ2v) is 20.6. The predicted octanol–water partition coefficient (Wildman–Crippen LogP) is 9.62. The van der Waals surface area contributed by atoms with Gasteiger partial charge < -0.3 is 4.52 Å². The first-order valence-electron chi connectivity index (χ1n) is 3.61. The smallest absolute Gasteiger partial charge is 0.350 e. The molecule has 0 spiro atoms. The molecule has 5 nitrogen and oxygen atoms in total. The van der Waals surface area contributed by atoms with Crippen molar-refractivity contribution in [3.8, 4) is 0 Å². The molecular formula is C2H3Cl7N4OP4. The minimum Gasteiger partial charge on any atom is -0.439 e. The van der Waals surface area contributed by atoms with Crippen molar-refractivity contribution in [2.75, 3.05) is 0 Å². The lowest BCUT2D eigenvalue weighted by Gasteiger charge is -2.19. The molecule has 0 bridgehead atoms. The molecule has 0 N–H and O–H groups in total. The third-order valence-electron chi connectivity index (χ3n) is 1.07. The van der Waals surface area contributed by atoms with Crippen molar-refractivity contribution in [1.29, 1.82) is 0 Å². The molecule has 0 fully saturated rings. The van der Waals surface area contributed by atoms with Crippen LogP contribution >= 0.6 is 103 Å². The van der Waals surface area contributed by atoms with E-state index in [2.05, 4.69) is 24.6 Å². The van der Waals surface area contributed by atoms with E-state index >= 15 is 0 Å². The Morgan fingerprint density at radius 2 is 1.11 bits per heavy atom. The van der Waals surface area contributed by atoms with Gasteiger partial charge in [-0.05, 0) is 78.7 Å². The van der Waals surface area contributed by atoms with Gasteiger partial charge in [0.25, 0.3) is 17.7 Å². The highest BCUT2D eigenvalue weighted by atomic mass is 35.9.